The van der Waals surface area contributed by atoms with Crippen LogP contribution in [0, 0.1) is 0 Å². The highest BCUT2D eigenvalue weighted by atomic mass is 16.5. The Kier molecular flexibility index (Phi) is 5.04. The lowest BCUT2D eigenvalue weighted by atomic mass is 10.1. The molecule has 1 aromatic heterocycles. The average molecular weight is 269 g/mol. The average Bonchev–Trinajstić information content (AvgIpc) is 2.28. The Morgan fingerprint density at radius 2 is 2.00 bits per heavy atom. The second-order valence-corrected chi connectivity index (χ2v) is 3.64. The zero-order valence-corrected chi connectivity index (χ0v) is 10.6. The van der Waals surface area contributed by atoms with Gasteiger partial charge >= 0.3 is 17.3 Å². The van der Waals surface area contributed by atoms with E-state index in [0.717, 1.165) is 0 Å². The smallest absolute Gasteiger partial charge is 0.351 e. The van der Waals surface area contributed by atoms with Crippen LogP contribution in [0.3, 0.4) is 0 Å². The molecule has 0 aromatic carbocycles. The van der Waals surface area contributed by atoms with Gasteiger partial charge < -0.3 is 9.84 Å². The van der Waals surface area contributed by atoms with Gasteiger partial charge in [0.25, 0.3) is 0 Å². The number of carbonyl (C=O) groups is 1. The van der Waals surface area contributed by atoms with Crippen LogP contribution in [0.2, 0.25) is 0 Å². The Morgan fingerprint density at radius 3 is 2.53 bits per heavy atom. The molecule has 0 amide bonds. The summed E-state index contributed by atoms with van der Waals surface area (Å²) in [5.41, 5.74) is -2.03. The van der Waals surface area contributed by atoms with Crippen molar-refractivity contribution in [3.8, 4) is 0 Å². The van der Waals surface area contributed by atoms with Gasteiger partial charge in [0.15, 0.2) is 5.82 Å². The third-order valence-corrected chi connectivity index (χ3v) is 2.16. The van der Waals surface area contributed by atoms with E-state index in [-0.39, 0.29) is 30.2 Å². The summed E-state index contributed by atoms with van der Waals surface area (Å²) < 4.78 is 4.77. The fraction of sp³-hybridized carbons (Fsp3) is 0.455. The zero-order valence-electron chi connectivity index (χ0n) is 10.6. The molecule has 0 saturated carbocycles. The van der Waals surface area contributed by atoms with Crippen molar-refractivity contribution in [2.75, 3.05) is 6.61 Å². The summed E-state index contributed by atoms with van der Waals surface area (Å²) in [6, 6.07) is 0. The van der Waals surface area contributed by atoms with E-state index in [1.165, 1.54) is 0 Å². The molecule has 0 fully saturated rings. The van der Waals surface area contributed by atoms with Crippen molar-refractivity contribution in [3.05, 3.63) is 32.6 Å². The van der Waals surface area contributed by atoms with E-state index in [1.54, 1.807) is 13.8 Å². The second kappa shape index (κ2) is 6.53. The van der Waals surface area contributed by atoms with Crippen LogP contribution in [0.1, 0.15) is 32.5 Å². The van der Waals surface area contributed by atoms with E-state index in [2.05, 4.69) is 9.97 Å². The number of hydrogen-bond donors (Lipinski definition) is 3. The van der Waals surface area contributed by atoms with Crippen molar-refractivity contribution in [2.45, 2.75) is 26.7 Å². The number of nitrogens with zero attached hydrogens (tertiary/aromatic N) is 1. The van der Waals surface area contributed by atoms with Crippen LogP contribution in [-0.2, 0) is 9.53 Å². The van der Waals surface area contributed by atoms with Gasteiger partial charge in [0.2, 0.25) is 0 Å². The first-order valence-corrected chi connectivity index (χ1v) is 5.79. The molecule has 0 spiro atoms. The monoisotopic (exact) mass is 269 g/mol. The van der Waals surface area contributed by atoms with Crippen LogP contribution in [0.25, 0.3) is 5.57 Å². The highest BCUT2D eigenvalue weighted by molar-refractivity contribution is 6.15. The minimum Gasteiger partial charge on any atom is -0.511 e. The molecule has 3 N–H and O–H groups in total. The van der Waals surface area contributed by atoms with Crippen LogP contribution < -0.4 is 11.4 Å². The highest BCUT2D eigenvalue weighted by Gasteiger charge is 2.21. The number of esters is 1. The van der Waals surface area contributed by atoms with Gasteiger partial charge in [-0.1, -0.05) is 6.92 Å². The van der Waals surface area contributed by atoms with Gasteiger partial charge in [-0.3, -0.25) is 9.97 Å². The van der Waals surface area contributed by atoms with Crippen LogP contribution in [-0.4, -0.2) is 32.6 Å². The molecule has 19 heavy (non-hydrogen) atoms. The van der Waals surface area contributed by atoms with Gasteiger partial charge in [-0.2, -0.15) is 4.98 Å². The van der Waals surface area contributed by atoms with Crippen molar-refractivity contribution < 1.29 is 14.6 Å². The second-order valence-electron chi connectivity index (χ2n) is 3.64. The molecule has 0 unspecified atom stereocenters. The lowest BCUT2D eigenvalue weighted by Gasteiger charge is -2.08. The number of H-pyrrole nitrogens is 2. The molecule has 104 valence electrons. The van der Waals surface area contributed by atoms with Gasteiger partial charge in [0.05, 0.1) is 6.61 Å². The molecule has 8 heteroatoms. The molecule has 1 heterocycles. The molecule has 0 aliphatic rings. The molecular weight excluding hydrogens is 254 g/mol. The summed E-state index contributed by atoms with van der Waals surface area (Å²) in [5.74, 6) is -1.44. The molecule has 0 saturated heterocycles. The van der Waals surface area contributed by atoms with Crippen LogP contribution in [0.4, 0.5) is 0 Å². The van der Waals surface area contributed by atoms with Crippen molar-refractivity contribution in [1.29, 1.82) is 0 Å². The Balaban J connectivity index is 3.39. The number of rotatable bonds is 5. The van der Waals surface area contributed by atoms with E-state index >= 15 is 0 Å². The third kappa shape index (κ3) is 3.80. The number of nitrogens with one attached hydrogen (secondary N) is 2. The SMILES string of the molecule is CCC/C(O)=C(/C(=O)OCC)c1nc(=O)[nH]c(=O)[nH]1. The molecule has 0 aliphatic carbocycles. The maximum atomic E-state index is 11.8. The lowest BCUT2D eigenvalue weighted by molar-refractivity contribution is -0.136. The summed E-state index contributed by atoms with van der Waals surface area (Å²) in [4.78, 5) is 41.6. The Hall–Kier alpha value is -2.38. The largest absolute Gasteiger partial charge is 0.511 e. The predicted octanol–water partition coefficient (Wildman–Crippen LogP) is 0.0905. The molecule has 8 nitrogen and oxygen atoms in total. The maximum Gasteiger partial charge on any atom is 0.351 e. The van der Waals surface area contributed by atoms with E-state index in [0.29, 0.717) is 6.42 Å². The molecule has 0 atom stereocenters. The van der Waals surface area contributed by atoms with Gasteiger partial charge in [-0.25, -0.2) is 14.4 Å². The van der Waals surface area contributed by atoms with E-state index < -0.39 is 17.3 Å². The number of aromatic nitrogens is 3. The van der Waals surface area contributed by atoms with Gasteiger partial charge in [0, 0.05) is 6.42 Å². The first-order chi connectivity index (χ1) is 8.99. The number of hydrogen-bond acceptors (Lipinski definition) is 6. The first kappa shape index (κ1) is 14.7. The predicted molar refractivity (Wildman–Crippen MR) is 66.6 cm³/mol. The Labute approximate surface area is 108 Å². The summed E-state index contributed by atoms with van der Waals surface area (Å²) in [5, 5.41) is 9.85. The maximum absolute atomic E-state index is 11.8. The summed E-state index contributed by atoms with van der Waals surface area (Å²) >= 11 is 0. The van der Waals surface area contributed by atoms with E-state index in [9.17, 15) is 19.5 Å². The Bertz CT molecular complexity index is 571. The number of carbonyl (C=O) groups excluding carboxylic acids is 1. The van der Waals surface area contributed by atoms with Crippen molar-refractivity contribution in [2.24, 2.45) is 0 Å². The van der Waals surface area contributed by atoms with E-state index in [4.69, 9.17) is 4.74 Å². The van der Waals surface area contributed by atoms with Gasteiger partial charge in [0.1, 0.15) is 11.3 Å². The summed E-state index contributed by atoms with van der Waals surface area (Å²) in [6.45, 7) is 3.49. The number of aliphatic hydroxyl groups is 1. The number of aliphatic hydroxyl groups excluding tert-OH is 1. The summed E-state index contributed by atoms with van der Waals surface area (Å²) in [6.07, 6.45) is 0.771. The lowest BCUT2D eigenvalue weighted by Crippen LogP contribution is -2.28. The zero-order chi connectivity index (χ0) is 14.4. The standard InChI is InChI=1S/C11H15N3O5/c1-3-5-6(15)7(9(16)19-4-2)8-12-10(17)14-11(18)13-8/h15H,3-5H2,1-2H3,(H2,12,13,14,17,18)/b7-6-. The Morgan fingerprint density at radius 1 is 1.32 bits per heavy atom. The minimum atomic E-state index is -0.912. The van der Waals surface area contributed by atoms with Gasteiger partial charge in [-0.05, 0) is 13.3 Å². The fourth-order valence-corrected chi connectivity index (χ4v) is 1.43. The summed E-state index contributed by atoms with van der Waals surface area (Å²) in [7, 11) is 0. The van der Waals surface area contributed by atoms with Crippen LogP contribution in [0.15, 0.2) is 15.3 Å². The van der Waals surface area contributed by atoms with Crippen LogP contribution in [0.5, 0.6) is 0 Å². The van der Waals surface area contributed by atoms with Gasteiger partial charge in [-0.15, -0.1) is 0 Å². The number of allylic oxidation sites excluding steroid dienone is 1. The third-order valence-electron chi connectivity index (χ3n) is 2.16. The molecule has 0 radical (unpaired) electrons. The topological polar surface area (TPSA) is 125 Å². The number of ether oxygens (including phenoxy) is 1. The fourth-order valence-electron chi connectivity index (χ4n) is 1.43. The van der Waals surface area contributed by atoms with Crippen molar-refractivity contribution in [3.63, 3.8) is 0 Å². The molecule has 1 aromatic rings. The molecule has 0 bridgehead atoms. The molecule has 1 rings (SSSR count). The normalized spacial score (nSPS) is 11.9. The number of aromatic amines is 2. The first-order valence-electron chi connectivity index (χ1n) is 5.79. The molecule has 0 aliphatic heterocycles. The minimum absolute atomic E-state index is 0.0924. The van der Waals surface area contributed by atoms with Crippen molar-refractivity contribution >= 4 is 11.5 Å². The highest BCUT2D eigenvalue weighted by Crippen LogP contribution is 2.17. The quantitative estimate of drug-likeness (QED) is 0.395. The molecular formula is C11H15N3O5. The van der Waals surface area contributed by atoms with Crippen LogP contribution >= 0.6 is 0 Å². The van der Waals surface area contributed by atoms with E-state index in [1.807, 2.05) is 4.98 Å². The van der Waals surface area contributed by atoms with Crippen molar-refractivity contribution in [1.82, 2.24) is 15.0 Å².